The number of allylic oxidation sites excluding steroid dienone is 2. The van der Waals surface area contributed by atoms with Gasteiger partial charge in [0.05, 0.1) is 30.3 Å². The fourth-order valence-electron chi connectivity index (χ4n) is 13.4. The molecule has 318 valence electrons. The smallest absolute Gasteiger partial charge is 0.335 e. The molecule has 9 atom stereocenters. The Morgan fingerprint density at radius 3 is 2.30 bits per heavy atom. The van der Waals surface area contributed by atoms with E-state index in [4.69, 9.17) is 4.74 Å². The molecule has 4 saturated carbocycles. The molecule has 6 fully saturated rings. The highest BCUT2D eigenvalue weighted by atomic mass is 32.2. The number of nitrogens with one attached hydrogen (secondary N) is 1. The van der Waals surface area contributed by atoms with Gasteiger partial charge in [0.25, 0.3) is 0 Å². The summed E-state index contributed by atoms with van der Waals surface area (Å²) in [4.78, 5) is 30.8. The molecule has 1 amide bonds. The van der Waals surface area contributed by atoms with Gasteiger partial charge in [-0.1, -0.05) is 65.7 Å². The average molecular weight is 808 g/mol. The molecule has 7 rings (SSSR count). The summed E-state index contributed by atoms with van der Waals surface area (Å²) in [6.07, 6.45) is 16.1. The molecule has 0 radical (unpaired) electrons. The zero-order chi connectivity index (χ0) is 40.6. The summed E-state index contributed by atoms with van der Waals surface area (Å²) in [6, 6.07) is 7.95. The first kappa shape index (κ1) is 42.8. The lowest BCUT2D eigenvalue weighted by Crippen LogP contribution is -2.62. The molecule has 4 aliphatic carbocycles. The first-order valence-corrected chi connectivity index (χ1v) is 24.6. The maximum Gasteiger partial charge on any atom is 0.335 e. The Morgan fingerprint density at radius 1 is 0.930 bits per heavy atom. The number of ether oxygens (including phenoxy) is 1. The number of sulfone groups is 1. The largest absolute Gasteiger partial charge is 0.478 e. The van der Waals surface area contributed by atoms with Crippen LogP contribution in [0, 0.1) is 51.8 Å². The van der Waals surface area contributed by atoms with Gasteiger partial charge in [0.2, 0.25) is 5.91 Å². The molecule has 1 unspecified atom stereocenters. The van der Waals surface area contributed by atoms with Crippen LogP contribution in [-0.2, 0) is 19.4 Å². The molecule has 10 heteroatoms. The van der Waals surface area contributed by atoms with Crippen LogP contribution < -0.4 is 5.32 Å². The lowest BCUT2D eigenvalue weighted by molar-refractivity contribution is -0.184. The molecule has 0 bridgehead atoms. The number of amides is 1. The van der Waals surface area contributed by atoms with Gasteiger partial charge in [-0.2, -0.15) is 0 Å². The summed E-state index contributed by atoms with van der Waals surface area (Å²) in [5.41, 5.74) is 3.17. The first-order valence-electron chi connectivity index (χ1n) is 22.8. The van der Waals surface area contributed by atoms with Crippen LogP contribution >= 0.6 is 0 Å². The molecule has 9 nitrogen and oxygen atoms in total. The summed E-state index contributed by atoms with van der Waals surface area (Å²) in [5.74, 6) is 2.62. The minimum absolute atomic E-state index is 0.0467. The van der Waals surface area contributed by atoms with Gasteiger partial charge in [-0.25, -0.2) is 13.2 Å². The number of carboxylic acid groups (broad SMARTS) is 1. The zero-order valence-corrected chi connectivity index (χ0v) is 36.6. The van der Waals surface area contributed by atoms with Gasteiger partial charge in [0, 0.05) is 51.2 Å². The summed E-state index contributed by atoms with van der Waals surface area (Å²) < 4.78 is 29.8. The molecule has 2 heterocycles. The van der Waals surface area contributed by atoms with Gasteiger partial charge in [-0.3, -0.25) is 4.79 Å². The van der Waals surface area contributed by atoms with Crippen LogP contribution in [0.2, 0.25) is 0 Å². The van der Waals surface area contributed by atoms with Crippen LogP contribution in [0.25, 0.3) is 5.57 Å². The number of aromatic carboxylic acids is 1. The van der Waals surface area contributed by atoms with Crippen LogP contribution in [0.5, 0.6) is 0 Å². The minimum atomic E-state index is -2.89. The van der Waals surface area contributed by atoms with Crippen molar-refractivity contribution in [3.05, 3.63) is 41.5 Å². The molecule has 1 aromatic carbocycles. The van der Waals surface area contributed by atoms with E-state index in [1.54, 1.807) is 12.1 Å². The van der Waals surface area contributed by atoms with E-state index in [1.165, 1.54) is 44.1 Å². The average Bonchev–Trinajstić information content (AvgIpc) is 3.38. The Labute approximate surface area is 344 Å². The van der Waals surface area contributed by atoms with Crippen molar-refractivity contribution in [2.75, 3.05) is 64.0 Å². The fourth-order valence-corrected chi connectivity index (χ4v) is 14.7. The van der Waals surface area contributed by atoms with Crippen LogP contribution in [0.4, 0.5) is 0 Å². The van der Waals surface area contributed by atoms with E-state index in [1.807, 2.05) is 12.1 Å². The fraction of sp³-hybridized carbons (Fsp3) is 0.787. The standard InChI is InChI=1S/C47H73N3O6S/c1-6-7-10-39(33-12-14-34(15-13-33)44(52)53)45(2,3)35-18-20-46(4)36(32-35)16-17-40-42-37(19-21-47(40,46)5)41(48-22-23-49-26-30-57(54,55)31-27-49)11-8-9-38(42)43(51)50-24-28-56-29-25-50/h10,12-15,35-38,40-42,48H,6-9,11,16-32H2,1-5H3,(H,52,53)/b39-10-/t35-,36-,37-,38-,40-,41?,42-,46-,47-/m1/s1. The predicted molar refractivity (Wildman–Crippen MR) is 228 cm³/mol. The van der Waals surface area contributed by atoms with E-state index >= 15 is 0 Å². The quantitative estimate of drug-likeness (QED) is 0.233. The van der Waals surface area contributed by atoms with E-state index in [2.05, 4.69) is 55.8 Å². The van der Waals surface area contributed by atoms with Gasteiger partial charge in [-0.05, 0) is 133 Å². The van der Waals surface area contributed by atoms with Crippen LogP contribution in [0.1, 0.15) is 128 Å². The highest BCUT2D eigenvalue weighted by Crippen LogP contribution is 2.71. The van der Waals surface area contributed by atoms with Gasteiger partial charge >= 0.3 is 5.97 Å². The van der Waals surface area contributed by atoms with Gasteiger partial charge < -0.3 is 25.0 Å². The second kappa shape index (κ2) is 17.4. The predicted octanol–water partition coefficient (Wildman–Crippen LogP) is 7.81. The SMILES string of the molecule is CCC/C=C(/c1ccc(C(=O)O)cc1)C(C)(C)[C@@H]1CC[C@]2(C)[C@H](CC[C@@H]3[C@@H]4[C@H](CC[C@]32C)C(NCCN2CCS(=O)(=O)CC2)CCC[C@H]4C(=O)N2CCOCC2)C1. The van der Waals surface area contributed by atoms with Crippen LogP contribution in [0.15, 0.2) is 30.3 Å². The number of rotatable bonds is 11. The second-order valence-corrected chi connectivity index (χ2v) is 22.3. The molecule has 57 heavy (non-hydrogen) atoms. The third-order valence-electron chi connectivity index (χ3n) is 17.1. The Balaban J connectivity index is 1.12. The number of carbonyl (C=O) groups is 2. The summed E-state index contributed by atoms with van der Waals surface area (Å²) in [6.45, 7) is 18.1. The van der Waals surface area contributed by atoms with Gasteiger partial charge in [0.1, 0.15) is 0 Å². The number of nitrogens with zero attached hydrogens (tertiary/aromatic N) is 2. The van der Waals surface area contributed by atoms with Crippen molar-refractivity contribution in [3.63, 3.8) is 0 Å². The van der Waals surface area contributed by atoms with Gasteiger partial charge in [-0.15, -0.1) is 0 Å². The van der Waals surface area contributed by atoms with Crippen molar-refractivity contribution in [3.8, 4) is 0 Å². The Kier molecular flexibility index (Phi) is 13.1. The van der Waals surface area contributed by atoms with E-state index in [0.717, 1.165) is 57.2 Å². The van der Waals surface area contributed by atoms with Crippen LogP contribution in [0.3, 0.4) is 0 Å². The second-order valence-electron chi connectivity index (χ2n) is 20.0. The number of fused-ring (bicyclic) bond motifs is 5. The highest BCUT2D eigenvalue weighted by molar-refractivity contribution is 7.91. The molecule has 6 aliphatic rings. The monoisotopic (exact) mass is 808 g/mol. The topological polar surface area (TPSA) is 116 Å². The van der Waals surface area contributed by atoms with E-state index in [9.17, 15) is 23.1 Å². The molecule has 0 spiro atoms. The molecule has 0 aromatic heterocycles. The lowest BCUT2D eigenvalue weighted by Gasteiger charge is -2.67. The summed E-state index contributed by atoms with van der Waals surface area (Å²) in [5, 5.41) is 13.6. The van der Waals surface area contributed by atoms with Crippen molar-refractivity contribution in [2.24, 2.45) is 51.8 Å². The normalized spacial score (nSPS) is 36.3. The van der Waals surface area contributed by atoms with Gasteiger partial charge in [0.15, 0.2) is 9.84 Å². The molecule has 2 aliphatic heterocycles. The number of hydrogen-bond donors (Lipinski definition) is 2. The minimum Gasteiger partial charge on any atom is -0.478 e. The maximum atomic E-state index is 14.7. The Morgan fingerprint density at radius 2 is 1.61 bits per heavy atom. The van der Waals surface area contributed by atoms with Crippen molar-refractivity contribution in [1.29, 1.82) is 0 Å². The van der Waals surface area contributed by atoms with Crippen molar-refractivity contribution in [1.82, 2.24) is 15.1 Å². The highest BCUT2D eigenvalue weighted by Gasteiger charge is 2.64. The van der Waals surface area contributed by atoms with Crippen molar-refractivity contribution in [2.45, 2.75) is 118 Å². The lowest BCUT2D eigenvalue weighted by atomic mass is 9.38. The Bertz CT molecular complexity index is 1710. The summed E-state index contributed by atoms with van der Waals surface area (Å²) in [7, 11) is -2.89. The third-order valence-corrected chi connectivity index (χ3v) is 18.7. The summed E-state index contributed by atoms with van der Waals surface area (Å²) >= 11 is 0. The van der Waals surface area contributed by atoms with E-state index in [0.29, 0.717) is 86.5 Å². The molecule has 1 aromatic rings. The third kappa shape index (κ3) is 8.54. The molecular weight excluding hydrogens is 735 g/mol. The maximum absolute atomic E-state index is 14.7. The number of carboxylic acids is 1. The van der Waals surface area contributed by atoms with Crippen LogP contribution in [-0.4, -0.2) is 105 Å². The van der Waals surface area contributed by atoms with E-state index < -0.39 is 15.8 Å². The molecule has 2 N–H and O–H groups in total. The molecule has 2 saturated heterocycles. The Hall–Kier alpha value is -2.27. The van der Waals surface area contributed by atoms with Crippen molar-refractivity contribution < 1.29 is 27.9 Å². The number of hydrogen-bond acceptors (Lipinski definition) is 7. The van der Waals surface area contributed by atoms with E-state index in [-0.39, 0.29) is 33.7 Å². The molecular formula is C47H73N3O6S. The number of benzene rings is 1. The number of carbonyl (C=O) groups excluding carboxylic acids is 1. The first-order chi connectivity index (χ1) is 27.2. The van der Waals surface area contributed by atoms with Crippen molar-refractivity contribution >= 4 is 27.3 Å². The number of unbranched alkanes of at least 4 members (excludes halogenated alkanes) is 1. The zero-order valence-electron chi connectivity index (χ0n) is 35.8. The number of morpholine rings is 1.